The van der Waals surface area contributed by atoms with Gasteiger partial charge in [0.05, 0.1) is 5.69 Å². The molecule has 0 spiro atoms. The zero-order chi connectivity index (χ0) is 18.0. The molecule has 0 radical (unpaired) electrons. The van der Waals surface area contributed by atoms with Gasteiger partial charge in [0.15, 0.2) is 5.13 Å². The maximum atomic E-state index is 6.01. The summed E-state index contributed by atoms with van der Waals surface area (Å²) < 4.78 is 0. The fourth-order valence-corrected chi connectivity index (χ4v) is 4.10. The van der Waals surface area contributed by atoms with Crippen LogP contribution < -0.4 is 5.32 Å². The van der Waals surface area contributed by atoms with Crippen LogP contribution in [0.2, 0.25) is 5.02 Å². The molecule has 0 atom stereocenters. The first-order chi connectivity index (χ1) is 11.8. The molecule has 0 unspecified atom stereocenters. The van der Waals surface area contributed by atoms with E-state index in [0.29, 0.717) is 0 Å². The molecule has 0 saturated carbocycles. The highest BCUT2D eigenvalue weighted by molar-refractivity contribution is 7.15. The van der Waals surface area contributed by atoms with Crippen LogP contribution in [-0.2, 0) is 11.8 Å². The summed E-state index contributed by atoms with van der Waals surface area (Å²) >= 11 is 7.74. The number of benzene rings is 2. The molecule has 2 nitrogen and oxygen atoms in total. The molecule has 1 aromatic heterocycles. The summed E-state index contributed by atoms with van der Waals surface area (Å²) in [5.41, 5.74) is 4.72. The predicted molar refractivity (Wildman–Crippen MR) is 110 cm³/mol. The number of nitrogens with one attached hydrogen (secondary N) is 1. The summed E-state index contributed by atoms with van der Waals surface area (Å²) in [5.74, 6) is 0. The Labute approximate surface area is 158 Å². The van der Waals surface area contributed by atoms with Gasteiger partial charge < -0.3 is 5.32 Å². The van der Waals surface area contributed by atoms with E-state index in [1.807, 2.05) is 12.1 Å². The molecule has 0 aliphatic carbocycles. The number of thiazole rings is 1. The Bertz CT molecular complexity index is 860. The van der Waals surface area contributed by atoms with Crippen LogP contribution in [0, 0.1) is 6.92 Å². The van der Waals surface area contributed by atoms with Crippen molar-refractivity contribution in [1.82, 2.24) is 4.98 Å². The van der Waals surface area contributed by atoms with Crippen molar-refractivity contribution in [3.05, 3.63) is 75.3 Å². The predicted octanol–water partition coefficient (Wildman–Crippen LogP) is 6.74. The molecule has 0 amide bonds. The van der Waals surface area contributed by atoms with Gasteiger partial charge in [-0.3, -0.25) is 0 Å². The van der Waals surface area contributed by atoms with Crippen molar-refractivity contribution in [1.29, 1.82) is 0 Å². The minimum Gasteiger partial charge on any atom is -0.332 e. The second-order valence-corrected chi connectivity index (χ2v) is 8.86. The van der Waals surface area contributed by atoms with Crippen molar-refractivity contribution in [2.24, 2.45) is 0 Å². The van der Waals surface area contributed by atoms with Crippen molar-refractivity contribution in [3.63, 3.8) is 0 Å². The van der Waals surface area contributed by atoms with Gasteiger partial charge >= 0.3 is 0 Å². The highest BCUT2D eigenvalue weighted by Gasteiger charge is 2.23. The number of rotatable bonds is 4. The molecule has 130 valence electrons. The Balaban J connectivity index is 1.91. The van der Waals surface area contributed by atoms with Gasteiger partial charge in [-0.1, -0.05) is 56.6 Å². The van der Waals surface area contributed by atoms with Gasteiger partial charge in [0.1, 0.15) is 0 Å². The van der Waals surface area contributed by atoms with Gasteiger partial charge in [-0.25, -0.2) is 4.98 Å². The maximum Gasteiger partial charge on any atom is 0.187 e. The Morgan fingerprint density at radius 3 is 2.44 bits per heavy atom. The Hall–Kier alpha value is -1.84. The number of nitrogens with zero attached hydrogens (tertiary/aromatic N) is 1. The van der Waals surface area contributed by atoms with Crippen molar-refractivity contribution >= 4 is 33.8 Å². The molecule has 2 aromatic carbocycles. The second-order valence-electron chi connectivity index (χ2n) is 7.34. The SMILES string of the molecule is Cc1cccc(Nc2nc(C(C)(C)C)c(Cc3ccc(Cl)cc3)s2)c1. The van der Waals surface area contributed by atoms with Crippen LogP contribution in [0.4, 0.5) is 10.8 Å². The van der Waals surface area contributed by atoms with Crippen molar-refractivity contribution in [2.45, 2.75) is 39.5 Å². The topological polar surface area (TPSA) is 24.9 Å². The lowest BCUT2D eigenvalue weighted by molar-refractivity contribution is 0.568. The number of halogens is 1. The molecule has 1 heterocycles. The molecule has 0 aliphatic rings. The van der Waals surface area contributed by atoms with Gasteiger partial charge in [-0.05, 0) is 42.3 Å². The van der Waals surface area contributed by atoms with E-state index < -0.39 is 0 Å². The van der Waals surface area contributed by atoms with Crippen LogP contribution in [0.1, 0.15) is 42.5 Å². The molecule has 0 aliphatic heterocycles. The van der Waals surface area contributed by atoms with Crippen LogP contribution in [-0.4, -0.2) is 4.98 Å². The molecular formula is C21H23ClN2S. The average Bonchev–Trinajstić information content (AvgIpc) is 2.92. The van der Waals surface area contributed by atoms with Crippen LogP contribution in [0.15, 0.2) is 48.5 Å². The first kappa shape index (κ1) is 18.0. The second kappa shape index (κ2) is 7.19. The van der Waals surface area contributed by atoms with Crippen molar-refractivity contribution in [2.75, 3.05) is 5.32 Å². The average molecular weight is 371 g/mol. The van der Waals surface area contributed by atoms with E-state index in [1.165, 1.54) is 16.0 Å². The molecule has 0 saturated heterocycles. The van der Waals surface area contributed by atoms with Crippen LogP contribution in [0.3, 0.4) is 0 Å². The Kier molecular flexibility index (Phi) is 5.16. The lowest BCUT2D eigenvalue weighted by Crippen LogP contribution is -2.14. The monoisotopic (exact) mass is 370 g/mol. The van der Waals surface area contributed by atoms with E-state index in [1.54, 1.807) is 11.3 Å². The fraction of sp³-hybridized carbons (Fsp3) is 0.286. The Morgan fingerprint density at radius 1 is 1.08 bits per heavy atom. The minimum atomic E-state index is 0.00476. The van der Waals surface area contributed by atoms with E-state index in [9.17, 15) is 0 Å². The number of hydrogen-bond acceptors (Lipinski definition) is 3. The summed E-state index contributed by atoms with van der Waals surface area (Å²) in [7, 11) is 0. The highest BCUT2D eigenvalue weighted by Crippen LogP contribution is 2.35. The third-order valence-electron chi connectivity index (χ3n) is 3.96. The zero-order valence-electron chi connectivity index (χ0n) is 15.1. The van der Waals surface area contributed by atoms with E-state index in [-0.39, 0.29) is 5.41 Å². The van der Waals surface area contributed by atoms with Crippen molar-refractivity contribution < 1.29 is 0 Å². The normalized spacial score (nSPS) is 11.6. The molecule has 0 fully saturated rings. The van der Waals surface area contributed by atoms with Crippen molar-refractivity contribution in [3.8, 4) is 0 Å². The third kappa shape index (κ3) is 4.62. The Morgan fingerprint density at radius 2 is 1.80 bits per heavy atom. The number of anilines is 2. The third-order valence-corrected chi connectivity index (χ3v) is 5.18. The maximum absolute atomic E-state index is 6.01. The van der Waals surface area contributed by atoms with Gasteiger partial charge in [-0.15, -0.1) is 11.3 Å². The van der Waals surface area contributed by atoms with Gasteiger partial charge in [0.25, 0.3) is 0 Å². The lowest BCUT2D eigenvalue weighted by atomic mass is 9.90. The molecule has 3 aromatic rings. The number of aryl methyl sites for hydroxylation is 1. The summed E-state index contributed by atoms with van der Waals surface area (Å²) in [6.07, 6.45) is 0.872. The van der Waals surface area contributed by atoms with Crippen LogP contribution in [0.25, 0.3) is 0 Å². The number of hydrogen-bond donors (Lipinski definition) is 1. The lowest BCUT2D eigenvalue weighted by Gasteiger charge is -2.17. The van der Waals surface area contributed by atoms with E-state index in [4.69, 9.17) is 16.6 Å². The van der Waals surface area contributed by atoms with E-state index in [2.05, 4.69) is 69.4 Å². The largest absolute Gasteiger partial charge is 0.332 e. The quantitative estimate of drug-likeness (QED) is 0.550. The molecular weight excluding hydrogens is 348 g/mol. The van der Waals surface area contributed by atoms with Crippen LogP contribution >= 0.6 is 22.9 Å². The highest BCUT2D eigenvalue weighted by atomic mass is 35.5. The fourth-order valence-electron chi connectivity index (χ4n) is 2.74. The summed E-state index contributed by atoms with van der Waals surface area (Å²) in [6.45, 7) is 8.73. The van der Waals surface area contributed by atoms with Gasteiger partial charge in [-0.2, -0.15) is 0 Å². The summed E-state index contributed by atoms with van der Waals surface area (Å²) in [6, 6.07) is 16.4. The molecule has 1 N–H and O–H groups in total. The molecule has 0 bridgehead atoms. The first-order valence-electron chi connectivity index (χ1n) is 8.39. The summed E-state index contributed by atoms with van der Waals surface area (Å²) in [4.78, 5) is 6.20. The number of aromatic nitrogens is 1. The minimum absolute atomic E-state index is 0.00476. The van der Waals surface area contributed by atoms with Gasteiger partial charge in [0.2, 0.25) is 0 Å². The molecule has 4 heteroatoms. The van der Waals surface area contributed by atoms with Crippen LogP contribution in [0.5, 0.6) is 0 Å². The first-order valence-corrected chi connectivity index (χ1v) is 9.59. The molecule has 25 heavy (non-hydrogen) atoms. The molecule has 3 rings (SSSR count). The smallest absolute Gasteiger partial charge is 0.187 e. The standard InChI is InChI=1S/C21H23ClN2S/c1-14-6-5-7-17(12-14)23-20-24-19(21(2,3)4)18(25-20)13-15-8-10-16(22)11-9-15/h5-12H,13H2,1-4H3,(H,23,24). The van der Waals surface area contributed by atoms with Gasteiger partial charge in [0, 0.05) is 27.4 Å². The summed E-state index contributed by atoms with van der Waals surface area (Å²) in [5, 5.41) is 5.17. The van der Waals surface area contributed by atoms with E-state index in [0.717, 1.165) is 28.0 Å². The zero-order valence-corrected chi connectivity index (χ0v) is 16.6. The van der Waals surface area contributed by atoms with E-state index >= 15 is 0 Å².